The van der Waals surface area contributed by atoms with Crippen molar-refractivity contribution in [1.82, 2.24) is 0 Å². The minimum Gasteiger partial charge on any atom is -0.377 e. The number of primary amides is 1. The molecule has 0 saturated heterocycles. The molecule has 1 atom stereocenters. The molecule has 0 radical (unpaired) electrons. The smallest absolute Gasteiger partial charge is 0.293 e. The van der Waals surface area contributed by atoms with Gasteiger partial charge in [0.05, 0.1) is 4.92 Å². The van der Waals surface area contributed by atoms with Gasteiger partial charge >= 0.3 is 0 Å². The highest BCUT2D eigenvalue weighted by molar-refractivity contribution is 7.99. The predicted molar refractivity (Wildman–Crippen MR) is 82.3 cm³/mol. The number of rotatable bonds is 8. The van der Waals surface area contributed by atoms with Gasteiger partial charge in [-0.1, -0.05) is 6.92 Å². The Hall–Kier alpha value is -1.76. The predicted octanol–water partition coefficient (Wildman–Crippen LogP) is 2.64. The summed E-state index contributed by atoms with van der Waals surface area (Å²) in [6.07, 6.45) is 0.910. The Balaban J connectivity index is 2.83. The first kappa shape index (κ1) is 16.3. The SMILES string of the molecule is CCSCCC(C)Nc1ccc(C(N)=O)cc1[N+](=O)[O-]. The highest BCUT2D eigenvalue weighted by Crippen LogP contribution is 2.26. The van der Waals surface area contributed by atoms with E-state index < -0.39 is 10.8 Å². The number of thioether (sulfide) groups is 1. The molecule has 1 aromatic rings. The average Bonchev–Trinajstić information content (AvgIpc) is 2.38. The van der Waals surface area contributed by atoms with Crippen molar-refractivity contribution in [3.63, 3.8) is 0 Å². The number of carbonyl (C=O) groups is 1. The fraction of sp³-hybridized carbons (Fsp3) is 0.462. The minimum atomic E-state index is -0.674. The molecular formula is C13H19N3O3S. The van der Waals surface area contributed by atoms with E-state index in [1.165, 1.54) is 18.2 Å². The number of anilines is 1. The lowest BCUT2D eigenvalue weighted by Crippen LogP contribution is -2.18. The highest BCUT2D eigenvalue weighted by atomic mass is 32.2. The summed E-state index contributed by atoms with van der Waals surface area (Å²) in [7, 11) is 0. The van der Waals surface area contributed by atoms with Gasteiger partial charge in [-0.05, 0) is 37.0 Å². The first-order valence-corrected chi connectivity index (χ1v) is 7.53. The molecule has 3 N–H and O–H groups in total. The Morgan fingerprint density at radius 2 is 2.25 bits per heavy atom. The lowest BCUT2D eigenvalue weighted by molar-refractivity contribution is -0.384. The molecular weight excluding hydrogens is 278 g/mol. The van der Waals surface area contributed by atoms with Gasteiger partial charge in [0.25, 0.3) is 5.69 Å². The third-order valence-corrected chi connectivity index (χ3v) is 3.71. The fourth-order valence-corrected chi connectivity index (χ4v) is 2.51. The van der Waals surface area contributed by atoms with Crippen molar-refractivity contribution in [1.29, 1.82) is 0 Å². The zero-order chi connectivity index (χ0) is 15.1. The van der Waals surface area contributed by atoms with Crippen molar-refractivity contribution in [3.8, 4) is 0 Å². The van der Waals surface area contributed by atoms with Gasteiger partial charge in [-0.2, -0.15) is 11.8 Å². The maximum absolute atomic E-state index is 11.1. The number of benzene rings is 1. The summed E-state index contributed by atoms with van der Waals surface area (Å²) < 4.78 is 0. The highest BCUT2D eigenvalue weighted by Gasteiger charge is 2.17. The summed E-state index contributed by atoms with van der Waals surface area (Å²) in [6.45, 7) is 4.07. The number of nitro groups is 1. The van der Waals surface area contributed by atoms with Crippen LogP contribution in [0.1, 0.15) is 30.6 Å². The first-order chi connectivity index (χ1) is 9.45. The second kappa shape index (κ2) is 7.74. The van der Waals surface area contributed by atoms with Crippen LogP contribution in [-0.4, -0.2) is 28.4 Å². The van der Waals surface area contributed by atoms with E-state index in [4.69, 9.17) is 5.73 Å². The number of nitro benzene ring substituents is 1. The van der Waals surface area contributed by atoms with Crippen molar-refractivity contribution in [2.75, 3.05) is 16.8 Å². The lowest BCUT2D eigenvalue weighted by Gasteiger charge is -2.15. The van der Waals surface area contributed by atoms with Crippen LogP contribution in [0, 0.1) is 10.1 Å². The number of nitrogens with two attached hydrogens (primary N) is 1. The van der Waals surface area contributed by atoms with Gasteiger partial charge in [0.15, 0.2) is 0 Å². The van der Waals surface area contributed by atoms with Gasteiger partial charge in [-0.15, -0.1) is 0 Å². The molecule has 0 spiro atoms. The third kappa shape index (κ3) is 4.73. The average molecular weight is 297 g/mol. The van der Waals surface area contributed by atoms with E-state index in [1.54, 1.807) is 0 Å². The van der Waals surface area contributed by atoms with Crippen LogP contribution in [0.5, 0.6) is 0 Å². The topological polar surface area (TPSA) is 98.3 Å². The summed E-state index contributed by atoms with van der Waals surface area (Å²) in [5, 5.41) is 14.2. The number of nitrogens with zero attached hydrogens (tertiary/aromatic N) is 1. The molecule has 7 heteroatoms. The fourth-order valence-electron chi connectivity index (χ4n) is 1.70. The number of hydrogen-bond acceptors (Lipinski definition) is 5. The van der Waals surface area contributed by atoms with E-state index in [9.17, 15) is 14.9 Å². The van der Waals surface area contributed by atoms with Crippen molar-refractivity contribution >= 4 is 29.0 Å². The van der Waals surface area contributed by atoms with Gasteiger partial charge in [0.1, 0.15) is 5.69 Å². The van der Waals surface area contributed by atoms with Crippen LogP contribution < -0.4 is 11.1 Å². The minimum absolute atomic E-state index is 0.118. The normalized spacial score (nSPS) is 11.9. The molecule has 1 amide bonds. The van der Waals surface area contributed by atoms with E-state index in [-0.39, 0.29) is 17.3 Å². The van der Waals surface area contributed by atoms with E-state index in [0.29, 0.717) is 5.69 Å². The molecule has 1 unspecified atom stereocenters. The molecule has 0 aliphatic heterocycles. The van der Waals surface area contributed by atoms with Crippen molar-refractivity contribution in [2.45, 2.75) is 26.3 Å². The van der Waals surface area contributed by atoms with Gasteiger partial charge in [0.2, 0.25) is 5.91 Å². The Morgan fingerprint density at radius 3 is 2.80 bits per heavy atom. The van der Waals surface area contributed by atoms with E-state index in [2.05, 4.69) is 12.2 Å². The Kier molecular flexibility index (Phi) is 6.30. The lowest BCUT2D eigenvalue weighted by atomic mass is 10.1. The van der Waals surface area contributed by atoms with Gasteiger partial charge in [-0.25, -0.2) is 0 Å². The quantitative estimate of drug-likeness (QED) is 0.436. The Morgan fingerprint density at radius 1 is 1.55 bits per heavy atom. The van der Waals surface area contributed by atoms with Crippen molar-refractivity contribution in [2.24, 2.45) is 5.73 Å². The van der Waals surface area contributed by atoms with Gasteiger partial charge < -0.3 is 11.1 Å². The van der Waals surface area contributed by atoms with Crippen molar-refractivity contribution < 1.29 is 9.72 Å². The molecule has 0 aliphatic carbocycles. The number of carbonyl (C=O) groups excluding carboxylic acids is 1. The molecule has 1 aromatic carbocycles. The molecule has 110 valence electrons. The number of amides is 1. The van der Waals surface area contributed by atoms with E-state index in [0.717, 1.165) is 17.9 Å². The second-order valence-corrected chi connectivity index (χ2v) is 5.78. The summed E-state index contributed by atoms with van der Waals surface area (Å²) in [5.41, 5.74) is 5.55. The molecule has 0 fully saturated rings. The van der Waals surface area contributed by atoms with Gasteiger partial charge in [0, 0.05) is 17.7 Å². The zero-order valence-electron chi connectivity index (χ0n) is 11.6. The summed E-state index contributed by atoms with van der Waals surface area (Å²) >= 11 is 1.83. The van der Waals surface area contributed by atoms with E-state index >= 15 is 0 Å². The van der Waals surface area contributed by atoms with Crippen LogP contribution in [0.2, 0.25) is 0 Å². The molecule has 0 saturated carbocycles. The van der Waals surface area contributed by atoms with Crippen LogP contribution in [0.25, 0.3) is 0 Å². The van der Waals surface area contributed by atoms with Crippen LogP contribution in [-0.2, 0) is 0 Å². The van der Waals surface area contributed by atoms with Crippen molar-refractivity contribution in [3.05, 3.63) is 33.9 Å². The molecule has 0 aromatic heterocycles. The molecule has 0 bridgehead atoms. The molecule has 1 rings (SSSR count). The van der Waals surface area contributed by atoms with Gasteiger partial charge in [-0.3, -0.25) is 14.9 Å². The molecule has 0 aliphatic rings. The Bertz CT molecular complexity index is 494. The molecule has 0 heterocycles. The second-order valence-electron chi connectivity index (χ2n) is 4.38. The molecule has 20 heavy (non-hydrogen) atoms. The Labute approximate surface area is 122 Å². The zero-order valence-corrected chi connectivity index (χ0v) is 12.4. The van der Waals surface area contributed by atoms with Crippen LogP contribution in [0.3, 0.4) is 0 Å². The van der Waals surface area contributed by atoms with Crippen LogP contribution in [0.4, 0.5) is 11.4 Å². The van der Waals surface area contributed by atoms with Crippen LogP contribution in [0.15, 0.2) is 18.2 Å². The van der Waals surface area contributed by atoms with Crippen LogP contribution >= 0.6 is 11.8 Å². The largest absolute Gasteiger partial charge is 0.377 e. The third-order valence-electron chi connectivity index (χ3n) is 2.78. The number of hydrogen-bond donors (Lipinski definition) is 2. The molecule has 6 nitrogen and oxygen atoms in total. The first-order valence-electron chi connectivity index (χ1n) is 6.38. The summed E-state index contributed by atoms with van der Waals surface area (Å²) in [6, 6.07) is 4.34. The summed E-state index contributed by atoms with van der Waals surface area (Å²) in [4.78, 5) is 21.6. The standard InChI is InChI=1S/C13H19N3O3S/c1-3-20-7-6-9(2)15-11-5-4-10(13(14)17)8-12(11)16(18)19/h4-5,8-9,15H,3,6-7H2,1-2H3,(H2,14,17). The summed E-state index contributed by atoms with van der Waals surface area (Å²) in [5.74, 6) is 1.38. The number of nitrogens with one attached hydrogen (secondary N) is 1. The monoisotopic (exact) mass is 297 g/mol. The van der Waals surface area contributed by atoms with E-state index in [1.807, 2.05) is 18.7 Å². The maximum Gasteiger partial charge on any atom is 0.293 e. The maximum atomic E-state index is 11.1.